The van der Waals surface area contributed by atoms with E-state index in [1.54, 1.807) is 11.3 Å². The van der Waals surface area contributed by atoms with Crippen molar-refractivity contribution in [3.8, 4) is 0 Å². The van der Waals surface area contributed by atoms with Crippen molar-refractivity contribution in [3.63, 3.8) is 0 Å². The summed E-state index contributed by atoms with van der Waals surface area (Å²) in [5, 5.41) is 4.68. The Bertz CT molecular complexity index is 548. The zero-order valence-electron chi connectivity index (χ0n) is 12.0. The van der Waals surface area contributed by atoms with E-state index in [1.807, 2.05) is 12.3 Å². The lowest BCUT2D eigenvalue weighted by molar-refractivity contribution is 0.569. The SMILES string of the molecule is CCc1cccnc1CNC(C)c1sc(C)nc1C. The number of nitrogens with one attached hydrogen (secondary N) is 1. The van der Waals surface area contributed by atoms with Gasteiger partial charge in [0.25, 0.3) is 0 Å². The average molecular weight is 275 g/mol. The topological polar surface area (TPSA) is 37.8 Å². The van der Waals surface area contributed by atoms with Gasteiger partial charge in [0.15, 0.2) is 0 Å². The van der Waals surface area contributed by atoms with Crippen LogP contribution < -0.4 is 5.32 Å². The molecule has 0 saturated heterocycles. The lowest BCUT2D eigenvalue weighted by Crippen LogP contribution is -2.19. The van der Waals surface area contributed by atoms with Crippen LogP contribution in [0.5, 0.6) is 0 Å². The standard InChI is InChI=1S/C15H21N3S/c1-5-13-7-6-8-16-14(13)9-17-10(2)15-11(3)18-12(4)19-15/h6-8,10,17H,5,9H2,1-4H3. The highest BCUT2D eigenvalue weighted by molar-refractivity contribution is 7.11. The van der Waals surface area contributed by atoms with E-state index >= 15 is 0 Å². The highest BCUT2D eigenvalue weighted by Crippen LogP contribution is 2.24. The summed E-state index contributed by atoms with van der Waals surface area (Å²) < 4.78 is 0. The van der Waals surface area contributed by atoms with Crippen molar-refractivity contribution in [1.29, 1.82) is 0 Å². The molecular formula is C15H21N3S. The van der Waals surface area contributed by atoms with Gasteiger partial charge in [0.05, 0.1) is 16.4 Å². The quantitative estimate of drug-likeness (QED) is 0.906. The van der Waals surface area contributed by atoms with E-state index in [4.69, 9.17) is 0 Å². The molecule has 2 heterocycles. The van der Waals surface area contributed by atoms with Gasteiger partial charge in [0.1, 0.15) is 0 Å². The molecule has 4 heteroatoms. The molecule has 3 nitrogen and oxygen atoms in total. The number of nitrogens with zero attached hydrogens (tertiary/aromatic N) is 2. The van der Waals surface area contributed by atoms with Gasteiger partial charge in [-0.05, 0) is 38.8 Å². The Morgan fingerprint density at radius 2 is 2.16 bits per heavy atom. The Morgan fingerprint density at radius 1 is 1.37 bits per heavy atom. The predicted molar refractivity (Wildman–Crippen MR) is 80.5 cm³/mol. The second-order valence-corrected chi connectivity index (χ2v) is 5.98. The summed E-state index contributed by atoms with van der Waals surface area (Å²) in [7, 11) is 0. The molecule has 0 radical (unpaired) electrons. The van der Waals surface area contributed by atoms with Crippen LogP contribution in [-0.4, -0.2) is 9.97 Å². The van der Waals surface area contributed by atoms with Crippen LogP contribution in [0.2, 0.25) is 0 Å². The second-order valence-electron chi connectivity index (χ2n) is 4.75. The highest BCUT2D eigenvalue weighted by atomic mass is 32.1. The smallest absolute Gasteiger partial charge is 0.0900 e. The average Bonchev–Trinajstić information content (AvgIpc) is 2.75. The summed E-state index contributed by atoms with van der Waals surface area (Å²) in [4.78, 5) is 10.3. The first-order valence-corrected chi connectivity index (χ1v) is 7.53. The Hall–Kier alpha value is -1.26. The number of hydrogen-bond acceptors (Lipinski definition) is 4. The number of pyridine rings is 1. The lowest BCUT2D eigenvalue weighted by Gasteiger charge is -2.14. The highest BCUT2D eigenvalue weighted by Gasteiger charge is 2.13. The Balaban J connectivity index is 2.04. The number of rotatable bonds is 5. The van der Waals surface area contributed by atoms with Crippen LogP contribution in [0, 0.1) is 13.8 Å². The fourth-order valence-corrected chi connectivity index (χ4v) is 3.20. The maximum Gasteiger partial charge on any atom is 0.0900 e. The van der Waals surface area contributed by atoms with Crippen LogP contribution >= 0.6 is 11.3 Å². The number of aryl methyl sites for hydroxylation is 3. The molecule has 19 heavy (non-hydrogen) atoms. The van der Waals surface area contributed by atoms with Gasteiger partial charge in [-0.2, -0.15) is 0 Å². The molecule has 0 aliphatic rings. The molecule has 1 atom stereocenters. The molecule has 1 N–H and O–H groups in total. The molecule has 0 aliphatic carbocycles. The zero-order valence-corrected chi connectivity index (χ0v) is 12.8. The van der Waals surface area contributed by atoms with Crippen molar-refractivity contribution in [3.05, 3.63) is 45.2 Å². The van der Waals surface area contributed by atoms with Crippen molar-refractivity contribution in [1.82, 2.24) is 15.3 Å². The second kappa shape index (κ2) is 6.26. The van der Waals surface area contributed by atoms with Crippen molar-refractivity contribution in [2.24, 2.45) is 0 Å². The van der Waals surface area contributed by atoms with E-state index < -0.39 is 0 Å². The normalized spacial score (nSPS) is 12.6. The lowest BCUT2D eigenvalue weighted by atomic mass is 10.1. The van der Waals surface area contributed by atoms with Crippen LogP contribution in [0.4, 0.5) is 0 Å². The van der Waals surface area contributed by atoms with Gasteiger partial charge < -0.3 is 5.32 Å². The Kier molecular flexibility index (Phi) is 4.66. The van der Waals surface area contributed by atoms with Gasteiger partial charge in [0, 0.05) is 23.7 Å². The van der Waals surface area contributed by atoms with Crippen molar-refractivity contribution >= 4 is 11.3 Å². The molecule has 0 fully saturated rings. The fraction of sp³-hybridized carbons (Fsp3) is 0.467. The Labute approximate surface area is 119 Å². The van der Waals surface area contributed by atoms with E-state index in [-0.39, 0.29) is 0 Å². The van der Waals surface area contributed by atoms with Gasteiger partial charge in [-0.15, -0.1) is 11.3 Å². The molecule has 0 amide bonds. The molecule has 1 unspecified atom stereocenters. The molecule has 0 saturated carbocycles. The minimum absolute atomic E-state index is 0.318. The third kappa shape index (κ3) is 3.39. The minimum Gasteiger partial charge on any atom is -0.304 e. The monoisotopic (exact) mass is 275 g/mol. The van der Waals surface area contributed by atoms with Gasteiger partial charge in [-0.3, -0.25) is 4.98 Å². The largest absolute Gasteiger partial charge is 0.304 e. The molecule has 2 aromatic heterocycles. The van der Waals surface area contributed by atoms with Gasteiger partial charge in [0.2, 0.25) is 0 Å². The van der Waals surface area contributed by atoms with Crippen LogP contribution in [0.25, 0.3) is 0 Å². The first-order valence-electron chi connectivity index (χ1n) is 6.72. The van der Waals surface area contributed by atoms with Crippen molar-refractivity contribution < 1.29 is 0 Å². The minimum atomic E-state index is 0.318. The summed E-state index contributed by atoms with van der Waals surface area (Å²) in [6, 6.07) is 4.47. The molecule has 0 spiro atoms. The van der Waals surface area contributed by atoms with Crippen LogP contribution in [0.1, 0.15) is 46.7 Å². The third-order valence-electron chi connectivity index (χ3n) is 3.27. The van der Waals surface area contributed by atoms with E-state index in [2.05, 4.69) is 49.0 Å². The zero-order chi connectivity index (χ0) is 13.8. The van der Waals surface area contributed by atoms with E-state index in [1.165, 1.54) is 10.4 Å². The van der Waals surface area contributed by atoms with Crippen LogP contribution in [-0.2, 0) is 13.0 Å². The van der Waals surface area contributed by atoms with Crippen molar-refractivity contribution in [2.45, 2.75) is 46.7 Å². The summed E-state index contributed by atoms with van der Waals surface area (Å²) in [5.41, 5.74) is 3.61. The molecule has 2 rings (SSSR count). The van der Waals surface area contributed by atoms with Crippen LogP contribution in [0.15, 0.2) is 18.3 Å². The summed E-state index contributed by atoms with van der Waals surface area (Å²) >= 11 is 1.77. The molecule has 0 bridgehead atoms. The summed E-state index contributed by atoms with van der Waals surface area (Å²) in [5.74, 6) is 0. The van der Waals surface area contributed by atoms with E-state index in [0.29, 0.717) is 6.04 Å². The van der Waals surface area contributed by atoms with E-state index in [9.17, 15) is 0 Å². The summed E-state index contributed by atoms with van der Waals surface area (Å²) in [6.07, 6.45) is 2.89. The molecule has 0 aromatic carbocycles. The van der Waals surface area contributed by atoms with Crippen molar-refractivity contribution in [2.75, 3.05) is 0 Å². The Morgan fingerprint density at radius 3 is 2.79 bits per heavy atom. The number of thiazole rings is 1. The van der Waals surface area contributed by atoms with Crippen LogP contribution in [0.3, 0.4) is 0 Å². The molecular weight excluding hydrogens is 254 g/mol. The maximum atomic E-state index is 4.48. The number of hydrogen-bond donors (Lipinski definition) is 1. The van der Waals surface area contributed by atoms with Gasteiger partial charge in [-0.1, -0.05) is 13.0 Å². The number of aromatic nitrogens is 2. The first kappa shape index (κ1) is 14.2. The molecule has 2 aromatic rings. The third-order valence-corrected chi connectivity index (χ3v) is 4.53. The fourth-order valence-electron chi connectivity index (χ4n) is 2.24. The first-order chi connectivity index (χ1) is 9.11. The molecule has 102 valence electrons. The molecule has 0 aliphatic heterocycles. The summed E-state index contributed by atoms with van der Waals surface area (Å²) in [6.45, 7) is 9.30. The van der Waals surface area contributed by atoms with Gasteiger partial charge >= 0.3 is 0 Å². The van der Waals surface area contributed by atoms with E-state index in [0.717, 1.165) is 29.4 Å². The predicted octanol–water partition coefficient (Wildman–Crippen LogP) is 3.57. The van der Waals surface area contributed by atoms with Gasteiger partial charge in [-0.25, -0.2) is 4.98 Å². The maximum absolute atomic E-state index is 4.48.